The van der Waals surface area contributed by atoms with E-state index in [-0.39, 0.29) is 11.7 Å². The highest BCUT2D eigenvalue weighted by Crippen LogP contribution is 2.31. The van der Waals surface area contributed by atoms with Gasteiger partial charge in [0.1, 0.15) is 5.69 Å². The van der Waals surface area contributed by atoms with E-state index in [4.69, 9.17) is 9.97 Å². The molecule has 7 rings (SSSR count). The summed E-state index contributed by atoms with van der Waals surface area (Å²) in [7, 11) is 0. The lowest BCUT2D eigenvalue weighted by atomic mass is 10.0. The van der Waals surface area contributed by atoms with Crippen LogP contribution >= 0.6 is 0 Å². The van der Waals surface area contributed by atoms with E-state index in [9.17, 15) is 4.79 Å². The first-order valence-electron chi connectivity index (χ1n) is 13.0. The van der Waals surface area contributed by atoms with E-state index in [1.54, 1.807) is 6.20 Å². The number of aromatic amines is 2. The van der Waals surface area contributed by atoms with Crippen LogP contribution in [0.25, 0.3) is 44.7 Å². The zero-order valence-electron chi connectivity index (χ0n) is 20.8. The summed E-state index contributed by atoms with van der Waals surface area (Å²) in [6.07, 6.45) is 3.65. The molecule has 0 amide bonds. The fourth-order valence-electron chi connectivity index (χ4n) is 5.58. The Hall–Kier alpha value is -4.56. The number of imidazole rings is 1. The normalized spacial score (nSPS) is 14.9. The Kier molecular flexibility index (Phi) is 5.59. The molecule has 1 fully saturated rings. The molecule has 4 heterocycles. The molecule has 6 aromatic rings. The smallest absolute Gasteiger partial charge is 0.306 e. The van der Waals surface area contributed by atoms with Gasteiger partial charge in [-0.3, -0.25) is 14.6 Å². The highest BCUT2D eigenvalue weighted by molar-refractivity contribution is 5.85. The van der Waals surface area contributed by atoms with E-state index >= 15 is 0 Å². The molecular weight excluding hydrogens is 474 g/mol. The Morgan fingerprint density at radius 2 is 1.53 bits per heavy atom. The minimum Gasteiger partial charge on any atom is -0.306 e. The van der Waals surface area contributed by atoms with Crippen molar-refractivity contribution in [2.24, 2.45) is 0 Å². The summed E-state index contributed by atoms with van der Waals surface area (Å²) in [4.78, 5) is 27.9. The summed E-state index contributed by atoms with van der Waals surface area (Å²) in [6.45, 7) is 2.80. The minimum atomic E-state index is -0.00784. The molecule has 1 saturated heterocycles. The van der Waals surface area contributed by atoms with Crippen molar-refractivity contribution in [3.8, 4) is 22.6 Å². The Morgan fingerprint density at radius 3 is 2.26 bits per heavy atom. The van der Waals surface area contributed by atoms with Crippen molar-refractivity contribution in [2.75, 3.05) is 13.1 Å². The van der Waals surface area contributed by atoms with Gasteiger partial charge in [-0.05, 0) is 48.7 Å². The van der Waals surface area contributed by atoms with Crippen molar-refractivity contribution in [2.45, 2.75) is 25.4 Å². The van der Waals surface area contributed by atoms with Gasteiger partial charge in [-0.1, -0.05) is 48.5 Å². The largest absolute Gasteiger partial charge is 0.326 e. The lowest BCUT2D eigenvalue weighted by molar-refractivity contribution is 0.180. The number of piperidine rings is 1. The molecule has 38 heavy (non-hydrogen) atoms. The van der Waals surface area contributed by atoms with E-state index in [1.165, 1.54) is 5.56 Å². The number of fused-ring (bicyclic) bond motifs is 2. The molecule has 0 radical (unpaired) electrons. The number of likely N-dealkylation sites (tertiary alicyclic amines) is 1. The first-order chi connectivity index (χ1) is 18.7. The van der Waals surface area contributed by atoms with Crippen LogP contribution in [0, 0.1) is 0 Å². The van der Waals surface area contributed by atoms with E-state index < -0.39 is 0 Å². The number of H-pyrrole nitrogens is 2. The van der Waals surface area contributed by atoms with E-state index in [0.717, 1.165) is 77.2 Å². The van der Waals surface area contributed by atoms with Gasteiger partial charge in [0.15, 0.2) is 0 Å². The molecule has 1 aliphatic heterocycles. The van der Waals surface area contributed by atoms with Gasteiger partial charge in [0, 0.05) is 37.4 Å². The van der Waals surface area contributed by atoms with Crippen molar-refractivity contribution < 1.29 is 0 Å². The molecule has 0 spiro atoms. The summed E-state index contributed by atoms with van der Waals surface area (Å²) in [6, 6.07) is 26.6. The third-order valence-corrected chi connectivity index (χ3v) is 7.51. The maximum atomic E-state index is 12.6. The Morgan fingerprint density at radius 1 is 0.816 bits per heavy atom. The first kappa shape index (κ1) is 22.6. The fourth-order valence-corrected chi connectivity index (χ4v) is 5.58. The summed E-state index contributed by atoms with van der Waals surface area (Å²) in [5.74, 6) is 0. The zero-order valence-corrected chi connectivity index (χ0v) is 20.8. The Balaban J connectivity index is 1.09. The summed E-state index contributed by atoms with van der Waals surface area (Å²) in [5.41, 5.74) is 8.38. The molecule has 0 aliphatic carbocycles. The van der Waals surface area contributed by atoms with Crippen molar-refractivity contribution in [1.29, 1.82) is 0 Å². The van der Waals surface area contributed by atoms with Crippen molar-refractivity contribution in [3.05, 3.63) is 101 Å². The van der Waals surface area contributed by atoms with Crippen LogP contribution in [0.3, 0.4) is 0 Å². The molecule has 1 aliphatic rings. The predicted octanol–water partition coefficient (Wildman–Crippen LogP) is 5.17. The van der Waals surface area contributed by atoms with E-state index in [0.29, 0.717) is 0 Å². The van der Waals surface area contributed by atoms with Crippen LogP contribution in [0.4, 0.5) is 0 Å². The molecule has 3 aromatic heterocycles. The van der Waals surface area contributed by atoms with E-state index in [2.05, 4.69) is 44.3 Å². The number of hydrogen-bond donors (Lipinski definition) is 2. The quantitative estimate of drug-likeness (QED) is 0.340. The minimum absolute atomic E-state index is 0.00784. The van der Waals surface area contributed by atoms with Crippen LogP contribution in [-0.2, 0) is 6.54 Å². The van der Waals surface area contributed by atoms with Gasteiger partial charge in [0.2, 0.25) is 0 Å². The first-order valence-corrected chi connectivity index (χ1v) is 13.0. The maximum absolute atomic E-state index is 12.6. The second kappa shape index (κ2) is 9.39. The van der Waals surface area contributed by atoms with Crippen LogP contribution in [0.2, 0.25) is 0 Å². The second-order valence-electron chi connectivity index (χ2n) is 9.90. The number of nitrogens with one attached hydrogen (secondary N) is 2. The standard InChI is InChI=1S/C30H27N7O/c38-30-34-25-7-3-4-8-27(25)37(30)22-14-17-36(18-15-22)19-20-9-11-21(12-10-20)28-29(26-13-16-31-35-26)33-24-6-2-1-5-23(24)32-28/h1-13,16,22H,14-15,17-19H2,(H,31,35)(H,34,38). The van der Waals surface area contributed by atoms with Gasteiger partial charge < -0.3 is 4.98 Å². The third kappa shape index (κ3) is 4.09. The van der Waals surface area contributed by atoms with Gasteiger partial charge in [-0.25, -0.2) is 14.8 Å². The van der Waals surface area contributed by atoms with Crippen molar-refractivity contribution >= 4 is 22.1 Å². The summed E-state index contributed by atoms with van der Waals surface area (Å²) in [5, 5.41) is 7.15. The molecule has 0 unspecified atom stereocenters. The van der Waals surface area contributed by atoms with E-state index in [1.807, 2.05) is 59.2 Å². The van der Waals surface area contributed by atoms with Gasteiger partial charge in [0.25, 0.3) is 0 Å². The average molecular weight is 502 g/mol. The molecule has 188 valence electrons. The number of hydrogen-bond acceptors (Lipinski definition) is 5. The molecule has 2 N–H and O–H groups in total. The molecule has 3 aromatic carbocycles. The molecular formula is C30H27N7O. The van der Waals surface area contributed by atoms with Crippen LogP contribution in [0.5, 0.6) is 0 Å². The SMILES string of the molecule is O=c1[nH]c2ccccc2n1C1CCN(Cc2ccc(-c3nc4ccccc4nc3-c3ccn[nH]3)cc2)CC1. The van der Waals surface area contributed by atoms with Gasteiger partial charge >= 0.3 is 5.69 Å². The highest BCUT2D eigenvalue weighted by atomic mass is 16.1. The molecule has 0 atom stereocenters. The molecule has 8 nitrogen and oxygen atoms in total. The highest BCUT2D eigenvalue weighted by Gasteiger charge is 2.23. The molecule has 8 heteroatoms. The van der Waals surface area contributed by atoms with Crippen LogP contribution in [0.15, 0.2) is 89.9 Å². The third-order valence-electron chi connectivity index (χ3n) is 7.51. The Labute approximate surface area is 219 Å². The van der Waals surface area contributed by atoms with Crippen LogP contribution in [-0.4, -0.2) is 47.7 Å². The molecule has 0 bridgehead atoms. The molecule has 0 saturated carbocycles. The second-order valence-corrected chi connectivity index (χ2v) is 9.90. The fraction of sp³-hybridized carbons (Fsp3) is 0.200. The lowest BCUT2D eigenvalue weighted by Crippen LogP contribution is -2.36. The van der Waals surface area contributed by atoms with Gasteiger partial charge in [-0.15, -0.1) is 0 Å². The van der Waals surface area contributed by atoms with Gasteiger partial charge in [-0.2, -0.15) is 5.10 Å². The monoisotopic (exact) mass is 501 g/mol. The lowest BCUT2D eigenvalue weighted by Gasteiger charge is -2.32. The summed E-state index contributed by atoms with van der Waals surface area (Å²) >= 11 is 0. The average Bonchev–Trinajstić information content (AvgIpc) is 3.61. The Bertz CT molecular complexity index is 1780. The topological polar surface area (TPSA) is 95.5 Å². The van der Waals surface area contributed by atoms with Crippen LogP contribution < -0.4 is 5.69 Å². The van der Waals surface area contributed by atoms with Crippen molar-refractivity contribution in [1.82, 2.24) is 34.6 Å². The van der Waals surface area contributed by atoms with Gasteiger partial charge in [0.05, 0.1) is 33.5 Å². The predicted molar refractivity (Wildman–Crippen MR) is 149 cm³/mol. The zero-order chi connectivity index (χ0) is 25.5. The number of aromatic nitrogens is 6. The van der Waals surface area contributed by atoms with Crippen LogP contribution in [0.1, 0.15) is 24.4 Å². The number of rotatable bonds is 5. The van der Waals surface area contributed by atoms with Crippen molar-refractivity contribution in [3.63, 3.8) is 0 Å². The summed E-state index contributed by atoms with van der Waals surface area (Å²) < 4.78 is 1.95. The number of benzene rings is 3. The number of para-hydroxylation sites is 4. The maximum Gasteiger partial charge on any atom is 0.326 e. The number of nitrogens with zero attached hydrogens (tertiary/aromatic N) is 5.